The van der Waals surface area contributed by atoms with E-state index in [2.05, 4.69) is 20.3 Å². The maximum atomic E-state index is 13.2. The molecule has 3 N–H and O–H groups in total. The van der Waals surface area contributed by atoms with Gasteiger partial charge in [-0.25, -0.2) is 22.5 Å². The number of benzene rings is 2. The molecular weight excluding hydrogens is 395 g/mol. The SMILES string of the molecule is CCNC(=NCC(C)Oc1cccc(F)c1)NCCNS(=O)(=O)c1ccccc1. The van der Waals surface area contributed by atoms with Crippen LogP contribution < -0.4 is 20.1 Å². The molecule has 0 saturated heterocycles. The van der Waals surface area contributed by atoms with Crippen LogP contribution in [0.3, 0.4) is 0 Å². The van der Waals surface area contributed by atoms with E-state index in [9.17, 15) is 12.8 Å². The second kappa shape index (κ2) is 11.4. The first kappa shape index (κ1) is 22.6. The van der Waals surface area contributed by atoms with Crippen molar-refractivity contribution >= 4 is 16.0 Å². The zero-order valence-electron chi connectivity index (χ0n) is 16.6. The maximum Gasteiger partial charge on any atom is 0.240 e. The number of sulfonamides is 1. The normalized spacial score (nSPS) is 13.0. The first-order chi connectivity index (χ1) is 13.9. The molecule has 0 bridgehead atoms. The van der Waals surface area contributed by atoms with Gasteiger partial charge in [-0.05, 0) is 38.1 Å². The van der Waals surface area contributed by atoms with Crippen molar-refractivity contribution in [2.24, 2.45) is 4.99 Å². The van der Waals surface area contributed by atoms with Gasteiger partial charge >= 0.3 is 0 Å². The zero-order chi connectivity index (χ0) is 21.1. The Morgan fingerprint density at radius 1 is 1.10 bits per heavy atom. The average Bonchev–Trinajstić information content (AvgIpc) is 2.70. The largest absolute Gasteiger partial charge is 0.489 e. The standard InChI is InChI=1S/C20H27FN4O3S/c1-3-22-20(24-15-16(2)28-18-9-7-8-17(21)14-18)23-12-13-25-29(26,27)19-10-5-4-6-11-19/h4-11,14,16,25H,3,12-13,15H2,1-2H3,(H2,22,23,24). The van der Waals surface area contributed by atoms with Gasteiger partial charge < -0.3 is 15.4 Å². The molecular formula is C20H27FN4O3S. The van der Waals surface area contributed by atoms with Gasteiger partial charge in [-0.1, -0.05) is 24.3 Å². The van der Waals surface area contributed by atoms with Gasteiger partial charge in [0.1, 0.15) is 17.7 Å². The highest BCUT2D eigenvalue weighted by Gasteiger charge is 2.12. The van der Waals surface area contributed by atoms with Crippen molar-refractivity contribution in [2.75, 3.05) is 26.2 Å². The Balaban J connectivity index is 1.81. The molecule has 1 atom stereocenters. The average molecular weight is 423 g/mol. The van der Waals surface area contributed by atoms with Crippen LogP contribution in [0.25, 0.3) is 0 Å². The molecule has 0 fully saturated rings. The maximum absolute atomic E-state index is 13.2. The summed E-state index contributed by atoms with van der Waals surface area (Å²) in [7, 11) is -3.54. The Hall–Kier alpha value is -2.65. The Morgan fingerprint density at radius 2 is 1.86 bits per heavy atom. The minimum Gasteiger partial charge on any atom is -0.489 e. The molecule has 0 aromatic heterocycles. The quantitative estimate of drug-likeness (QED) is 0.310. The van der Waals surface area contributed by atoms with Crippen LogP contribution in [-0.4, -0.2) is 46.7 Å². The van der Waals surface area contributed by atoms with Crippen LogP contribution in [0.15, 0.2) is 64.5 Å². The van der Waals surface area contributed by atoms with E-state index in [0.717, 1.165) is 0 Å². The minimum atomic E-state index is -3.54. The van der Waals surface area contributed by atoms with Gasteiger partial charge in [-0.2, -0.15) is 0 Å². The molecule has 2 aromatic rings. The zero-order valence-corrected chi connectivity index (χ0v) is 17.4. The summed E-state index contributed by atoms with van der Waals surface area (Å²) in [6.45, 7) is 5.34. The van der Waals surface area contributed by atoms with Crippen molar-refractivity contribution in [1.29, 1.82) is 0 Å². The summed E-state index contributed by atoms with van der Waals surface area (Å²) in [4.78, 5) is 4.65. The summed E-state index contributed by atoms with van der Waals surface area (Å²) < 4.78 is 45.8. The van der Waals surface area contributed by atoms with Crippen molar-refractivity contribution in [3.8, 4) is 5.75 Å². The van der Waals surface area contributed by atoms with Gasteiger partial charge in [0.25, 0.3) is 0 Å². The first-order valence-electron chi connectivity index (χ1n) is 9.40. The van der Waals surface area contributed by atoms with E-state index in [0.29, 0.717) is 31.3 Å². The minimum absolute atomic E-state index is 0.205. The van der Waals surface area contributed by atoms with Crippen LogP contribution in [0.1, 0.15) is 13.8 Å². The molecule has 0 aliphatic heterocycles. The lowest BCUT2D eigenvalue weighted by Crippen LogP contribution is -2.42. The summed E-state index contributed by atoms with van der Waals surface area (Å²) in [5, 5.41) is 6.16. The molecule has 158 valence electrons. The summed E-state index contributed by atoms with van der Waals surface area (Å²) in [6, 6.07) is 14.2. The van der Waals surface area contributed by atoms with Crippen LogP contribution in [0, 0.1) is 5.82 Å². The summed E-state index contributed by atoms with van der Waals surface area (Å²) in [5.41, 5.74) is 0. The fourth-order valence-electron chi connectivity index (χ4n) is 2.42. The Bertz CT molecular complexity index is 892. The van der Waals surface area contributed by atoms with Gasteiger partial charge in [0.15, 0.2) is 5.96 Å². The predicted octanol–water partition coefficient (Wildman–Crippen LogP) is 2.13. The number of rotatable bonds is 10. The molecule has 2 rings (SSSR count). The molecule has 7 nitrogen and oxygen atoms in total. The number of hydrogen-bond donors (Lipinski definition) is 3. The van der Waals surface area contributed by atoms with Crippen molar-refractivity contribution < 1.29 is 17.5 Å². The van der Waals surface area contributed by atoms with Crippen molar-refractivity contribution in [3.05, 3.63) is 60.4 Å². The number of aliphatic imine (C=N–C) groups is 1. The number of nitrogens with zero attached hydrogens (tertiary/aromatic N) is 1. The molecule has 0 aliphatic rings. The predicted molar refractivity (Wildman–Crippen MR) is 112 cm³/mol. The monoisotopic (exact) mass is 422 g/mol. The first-order valence-corrected chi connectivity index (χ1v) is 10.9. The van der Waals surface area contributed by atoms with Crippen LogP contribution in [0.2, 0.25) is 0 Å². The third-order valence-corrected chi connectivity index (χ3v) is 5.22. The topological polar surface area (TPSA) is 91.8 Å². The van der Waals surface area contributed by atoms with Gasteiger partial charge in [0.05, 0.1) is 11.4 Å². The molecule has 0 radical (unpaired) electrons. The van der Waals surface area contributed by atoms with E-state index in [4.69, 9.17) is 4.74 Å². The molecule has 1 unspecified atom stereocenters. The smallest absolute Gasteiger partial charge is 0.240 e. The highest BCUT2D eigenvalue weighted by Crippen LogP contribution is 2.13. The van der Waals surface area contributed by atoms with Crippen LogP contribution >= 0.6 is 0 Å². The lowest BCUT2D eigenvalue weighted by atomic mass is 10.3. The van der Waals surface area contributed by atoms with Gasteiger partial charge in [-0.15, -0.1) is 0 Å². The summed E-state index contributed by atoms with van der Waals surface area (Å²) >= 11 is 0. The summed E-state index contributed by atoms with van der Waals surface area (Å²) in [6.07, 6.45) is -0.260. The number of ether oxygens (including phenoxy) is 1. The Morgan fingerprint density at radius 3 is 2.55 bits per heavy atom. The molecule has 0 amide bonds. The molecule has 0 heterocycles. The van der Waals surface area contributed by atoms with E-state index in [1.165, 1.54) is 12.1 Å². The molecule has 2 aromatic carbocycles. The van der Waals surface area contributed by atoms with Crippen molar-refractivity contribution in [2.45, 2.75) is 24.8 Å². The third kappa shape index (κ3) is 8.08. The van der Waals surface area contributed by atoms with Crippen molar-refractivity contribution in [1.82, 2.24) is 15.4 Å². The van der Waals surface area contributed by atoms with E-state index < -0.39 is 10.0 Å². The number of halogens is 1. The fourth-order valence-corrected chi connectivity index (χ4v) is 3.47. The Kier molecular flexibility index (Phi) is 8.88. The fraction of sp³-hybridized carbons (Fsp3) is 0.350. The van der Waals surface area contributed by atoms with Crippen LogP contribution in [-0.2, 0) is 10.0 Å². The lowest BCUT2D eigenvalue weighted by molar-refractivity contribution is 0.229. The van der Waals surface area contributed by atoms with E-state index >= 15 is 0 Å². The van der Waals surface area contributed by atoms with E-state index in [-0.39, 0.29) is 23.4 Å². The highest BCUT2D eigenvalue weighted by atomic mass is 32.2. The van der Waals surface area contributed by atoms with Crippen LogP contribution in [0.5, 0.6) is 5.75 Å². The summed E-state index contributed by atoms with van der Waals surface area (Å²) in [5.74, 6) is 0.633. The second-order valence-corrected chi connectivity index (χ2v) is 8.01. The molecule has 0 spiro atoms. The second-order valence-electron chi connectivity index (χ2n) is 6.24. The molecule has 0 aliphatic carbocycles. The number of hydrogen-bond acceptors (Lipinski definition) is 4. The molecule has 9 heteroatoms. The number of nitrogens with one attached hydrogen (secondary N) is 3. The van der Waals surface area contributed by atoms with Gasteiger partial charge in [-0.3, -0.25) is 0 Å². The molecule has 0 saturated carbocycles. The number of guanidine groups is 1. The van der Waals surface area contributed by atoms with Gasteiger partial charge in [0, 0.05) is 25.7 Å². The van der Waals surface area contributed by atoms with Crippen LogP contribution in [0.4, 0.5) is 4.39 Å². The van der Waals surface area contributed by atoms with E-state index in [1.807, 2.05) is 13.8 Å². The third-order valence-electron chi connectivity index (χ3n) is 3.75. The van der Waals surface area contributed by atoms with Gasteiger partial charge in [0.2, 0.25) is 10.0 Å². The molecule has 29 heavy (non-hydrogen) atoms. The lowest BCUT2D eigenvalue weighted by Gasteiger charge is -2.15. The van der Waals surface area contributed by atoms with Crippen molar-refractivity contribution in [3.63, 3.8) is 0 Å². The Labute approximate surface area is 171 Å². The van der Waals surface area contributed by atoms with E-state index in [1.54, 1.807) is 42.5 Å². The highest BCUT2D eigenvalue weighted by molar-refractivity contribution is 7.89.